The lowest BCUT2D eigenvalue weighted by Crippen LogP contribution is -2.45. The number of carbonyl (C=O) groups excluding carboxylic acids is 2. The lowest BCUT2D eigenvalue weighted by atomic mass is 9.91. The van der Waals surface area contributed by atoms with Gasteiger partial charge in [0.2, 0.25) is 0 Å². The van der Waals surface area contributed by atoms with Crippen LogP contribution in [0.4, 0.5) is 4.79 Å². The summed E-state index contributed by atoms with van der Waals surface area (Å²) in [6.45, 7) is 6.30. The molecule has 0 bridgehead atoms. The van der Waals surface area contributed by atoms with E-state index in [4.69, 9.17) is 18.9 Å². The van der Waals surface area contributed by atoms with Crippen LogP contribution in [0.1, 0.15) is 56.8 Å². The first-order chi connectivity index (χ1) is 18.7. The van der Waals surface area contributed by atoms with Gasteiger partial charge in [0.05, 0.1) is 24.8 Å². The number of aromatic nitrogens is 3. The van der Waals surface area contributed by atoms with Crippen molar-refractivity contribution in [1.82, 2.24) is 25.6 Å². The SMILES string of the molecule is COCCOc1cc(OC)ccc1-c1ncnc2c(C(=O)NC3CCC(NC(=O)OC(C)(C)C)CC3)c[nH]c12. The van der Waals surface area contributed by atoms with E-state index < -0.39 is 11.7 Å². The minimum absolute atomic E-state index is 0.00261. The zero-order valence-electron chi connectivity index (χ0n) is 23.1. The molecule has 11 heteroatoms. The maximum absolute atomic E-state index is 13.2. The number of hydrogen-bond acceptors (Lipinski definition) is 8. The molecule has 1 fully saturated rings. The molecule has 0 radical (unpaired) electrons. The van der Waals surface area contributed by atoms with E-state index in [1.165, 1.54) is 6.33 Å². The summed E-state index contributed by atoms with van der Waals surface area (Å²) < 4.78 is 21.8. The molecule has 0 aliphatic heterocycles. The van der Waals surface area contributed by atoms with Crippen molar-refractivity contribution in [2.75, 3.05) is 27.4 Å². The molecule has 0 unspecified atom stereocenters. The van der Waals surface area contributed by atoms with E-state index >= 15 is 0 Å². The van der Waals surface area contributed by atoms with Gasteiger partial charge in [-0.15, -0.1) is 0 Å². The second kappa shape index (κ2) is 12.3. The standard InChI is InChI=1S/C28H37N5O6/c1-28(2,3)39-27(35)33-18-8-6-17(7-9-18)32-26(34)21-15-29-25-23(30-16-31-24(21)25)20-11-10-19(37-5)14-22(20)38-13-12-36-4/h10-11,14-18,29H,6-9,12-13H2,1-5H3,(H,32,34)(H,33,35). The van der Waals surface area contributed by atoms with Gasteiger partial charge in [-0.3, -0.25) is 4.79 Å². The van der Waals surface area contributed by atoms with Gasteiger partial charge in [0.25, 0.3) is 5.91 Å². The lowest BCUT2D eigenvalue weighted by Gasteiger charge is -2.30. The number of fused-ring (bicyclic) bond motifs is 1. The van der Waals surface area contributed by atoms with Crippen LogP contribution in [0.15, 0.2) is 30.7 Å². The van der Waals surface area contributed by atoms with Gasteiger partial charge in [-0.25, -0.2) is 14.8 Å². The molecule has 0 atom stereocenters. The third kappa shape index (κ3) is 7.17. The Morgan fingerprint density at radius 1 is 1.03 bits per heavy atom. The van der Waals surface area contributed by atoms with Gasteiger partial charge in [0, 0.05) is 37.0 Å². The number of methoxy groups -OCH3 is 2. The van der Waals surface area contributed by atoms with E-state index in [-0.39, 0.29) is 18.0 Å². The zero-order chi connectivity index (χ0) is 28.0. The number of aromatic amines is 1. The topological polar surface area (TPSA) is 137 Å². The Morgan fingerprint density at radius 3 is 2.41 bits per heavy atom. The Kier molecular flexibility index (Phi) is 8.90. The number of benzene rings is 1. The number of H-pyrrole nitrogens is 1. The Bertz CT molecular complexity index is 1290. The van der Waals surface area contributed by atoms with Crippen LogP contribution in [-0.2, 0) is 9.47 Å². The number of nitrogens with one attached hydrogen (secondary N) is 3. The van der Waals surface area contributed by atoms with E-state index in [1.807, 2.05) is 32.9 Å². The summed E-state index contributed by atoms with van der Waals surface area (Å²) in [5.74, 6) is 1.03. The molecule has 1 aliphatic carbocycles. The first-order valence-electron chi connectivity index (χ1n) is 13.1. The first kappa shape index (κ1) is 28.2. The summed E-state index contributed by atoms with van der Waals surface area (Å²) in [6, 6.07) is 5.53. The van der Waals surface area contributed by atoms with E-state index in [1.54, 1.807) is 26.5 Å². The Morgan fingerprint density at radius 2 is 1.74 bits per heavy atom. The third-order valence-electron chi connectivity index (χ3n) is 6.48. The highest BCUT2D eigenvalue weighted by atomic mass is 16.6. The second-order valence-corrected chi connectivity index (χ2v) is 10.5. The fourth-order valence-corrected chi connectivity index (χ4v) is 4.62. The summed E-state index contributed by atoms with van der Waals surface area (Å²) in [4.78, 5) is 37.4. The van der Waals surface area contributed by atoms with Crippen LogP contribution in [0.5, 0.6) is 11.5 Å². The highest BCUT2D eigenvalue weighted by molar-refractivity contribution is 6.08. The van der Waals surface area contributed by atoms with Gasteiger partial charge in [-0.2, -0.15) is 0 Å². The van der Waals surface area contributed by atoms with Gasteiger partial charge in [0.15, 0.2) is 0 Å². The van der Waals surface area contributed by atoms with Crippen molar-refractivity contribution in [3.63, 3.8) is 0 Å². The molecule has 1 aromatic carbocycles. The predicted octanol–water partition coefficient (Wildman–Crippen LogP) is 4.22. The van der Waals surface area contributed by atoms with Gasteiger partial charge >= 0.3 is 6.09 Å². The maximum Gasteiger partial charge on any atom is 0.407 e. The van der Waals surface area contributed by atoms with Crippen LogP contribution in [0.3, 0.4) is 0 Å². The normalized spacial score (nSPS) is 17.5. The van der Waals surface area contributed by atoms with E-state index in [2.05, 4.69) is 25.6 Å². The molecule has 0 saturated heterocycles. The van der Waals surface area contributed by atoms with Gasteiger partial charge in [0.1, 0.15) is 41.2 Å². The minimum atomic E-state index is -0.538. The molecule has 39 heavy (non-hydrogen) atoms. The number of hydrogen-bond donors (Lipinski definition) is 3. The fourth-order valence-electron chi connectivity index (χ4n) is 4.62. The highest BCUT2D eigenvalue weighted by Gasteiger charge is 2.27. The molecule has 1 aliphatic rings. The van der Waals surface area contributed by atoms with Crippen LogP contribution in [0, 0.1) is 0 Å². The number of carbonyl (C=O) groups is 2. The van der Waals surface area contributed by atoms with Crippen molar-refractivity contribution in [1.29, 1.82) is 0 Å². The molecule has 2 heterocycles. The summed E-state index contributed by atoms with van der Waals surface area (Å²) in [6.07, 6.45) is 5.71. The van der Waals surface area contributed by atoms with Crippen molar-refractivity contribution in [2.24, 2.45) is 0 Å². The number of rotatable bonds is 9. The zero-order valence-corrected chi connectivity index (χ0v) is 23.1. The number of ether oxygens (including phenoxy) is 4. The van der Waals surface area contributed by atoms with Crippen molar-refractivity contribution >= 4 is 23.0 Å². The number of nitrogens with zero attached hydrogens (tertiary/aromatic N) is 2. The van der Waals surface area contributed by atoms with Gasteiger partial charge in [-0.1, -0.05) is 0 Å². The average Bonchev–Trinajstić information content (AvgIpc) is 3.33. The fraction of sp³-hybridized carbons (Fsp3) is 0.500. The molecular weight excluding hydrogens is 502 g/mol. The summed E-state index contributed by atoms with van der Waals surface area (Å²) >= 11 is 0. The van der Waals surface area contributed by atoms with Crippen LogP contribution in [0.25, 0.3) is 22.3 Å². The molecule has 4 rings (SSSR count). The van der Waals surface area contributed by atoms with E-state index in [9.17, 15) is 9.59 Å². The van der Waals surface area contributed by atoms with Crippen molar-refractivity contribution in [3.8, 4) is 22.8 Å². The predicted molar refractivity (Wildman–Crippen MR) is 146 cm³/mol. The molecule has 1 saturated carbocycles. The Labute approximate surface area is 228 Å². The largest absolute Gasteiger partial charge is 0.497 e. The lowest BCUT2D eigenvalue weighted by molar-refractivity contribution is 0.0488. The molecule has 3 aromatic rings. The molecule has 2 aromatic heterocycles. The van der Waals surface area contributed by atoms with Crippen LogP contribution < -0.4 is 20.1 Å². The first-order valence-corrected chi connectivity index (χ1v) is 13.1. The Balaban J connectivity index is 1.45. The number of alkyl carbamates (subject to hydrolysis) is 1. The quantitative estimate of drug-likeness (QED) is 0.344. The van der Waals surface area contributed by atoms with Crippen molar-refractivity contribution < 1.29 is 28.5 Å². The maximum atomic E-state index is 13.2. The molecular formula is C28H37N5O6. The molecule has 2 amide bonds. The summed E-state index contributed by atoms with van der Waals surface area (Å²) in [5, 5.41) is 6.06. The summed E-state index contributed by atoms with van der Waals surface area (Å²) in [7, 11) is 3.21. The van der Waals surface area contributed by atoms with Crippen LogP contribution in [0.2, 0.25) is 0 Å². The molecule has 0 spiro atoms. The van der Waals surface area contributed by atoms with E-state index in [0.29, 0.717) is 47.0 Å². The highest BCUT2D eigenvalue weighted by Crippen LogP contribution is 2.36. The second-order valence-electron chi connectivity index (χ2n) is 10.5. The van der Waals surface area contributed by atoms with Gasteiger partial charge in [-0.05, 0) is 58.6 Å². The van der Waals surface area contributed by atoms with E-state index in [0.717, 1.165) is 31.2 Å². The van der Waals surface area contributed by atoms with Crippen molar-refractivity contribution in [2.45, 2.75) is 64.1 Å². The average molecular weight is 540 g/mol. The van der Waals surface area contributed by atoms with Gasteiger partial charge < -0.3 is 34.6 Å². The smallest absolute Gasteiger partial charge is 0.407 e. The minimum Gasteiger partial charge on any atom is -0.497 e. The van der Waals surface area contributed by atoms with Crippen molar-refractivity contribution in [3.05, 3.63) is 36.3 Å². The summed E-state index contributed by atoms with van der Waals surface area (Å²) in [5.41, 5.74) is 2.42. The monoisotopic (exact) mass is 539 g/mol. The molecule has 3 N–H and O–H groups in total. The molecule has 210 valence electrons. The third-order valence-corrected chi connectivity index (χ3v) is 6.48. The van der Waals surface area contributed by atoms with Crippen LogP contribution in [-0.4, -0.2) is 72.1 Å². The molecule has 11 nitrogen and oxygen atoms in total. The number of amides is 2. The Hall–Kier alpha value is -3.86. The van der Waals surface area contributed by atoms with Crippen LogP contribution >= 0.6 is 0 Å².